The van der Waals surface area contributed by atoms with E-state index in [0.717, 1.165) is 22.0 Å². The number of alkyl halides is 2. The zero-order chi connectivity index (χ0) is 31.6. The molecule has 1 saturated carbocycles. The number of hydrogen-bond donors (Lipinski definition) is 2. The summed E-state index contributed by atoms with van der Waals surface area (Å²) >= 11 is 0. The largest absolute Gasteiger partial charge is 0.445 e. The zero-order valence-corrected chi connectivity index (χ0v) is 25.3. The molecule has 1 aliphatic heterocycles. The van der Waals surface area contributed by atoms with Gasteiger partial charge in [0, 0.05) is 60.1 Å². The van der Waals surface area contributed by atoms with Gasteiger partial charge in [0.25, 0.3) is 0 Å². The van der Waals surface area contributed by atoms with Gasteiger partial charge in [0.15, 0.2) is 0 Å². The van der Waals surface area contributed by atoms with E-state index in [4.69, 9.17) is 4.74 Å². The minimum Gasteiger partial charge on any atom is -0.445 e. The van der Waals surface area contributed by atoms with Gasteiger partial charge in [-0.2, -0.15) is 0 Å². The lowest BCUT2D eigenvalue weighted by atomic mass is 9.87. The van der Waals surface area contributed by atoms with Crippen molar-refractivity contribution >= 4 is 22.7 Å². The van der Waals surface area contributed by atoms with Gasteiger partial charge in [-0.05, 0) is 61.9 Å². The second-order valence-electron chi connectivity index (χ2n) is 12.2. The Morgan fingerprint density at radius 1 is 1.07 bits per heavy atom. The molecule has 2 N–H and O–H groups in total. The van der Waals surface area contributed by atoms with Gasteiger partial charge in [-0.3, -0.25) is 9.29 Å². The Kier molecular flexibility index (Phi) is 9.03. The SMILES string of the molecule is C[C@@H]1Cc2c([nH]c3ccccc23)[C@@H](c2c(F)cc(NCCN(CCCF)C(=O)OCc3ccccc3)cc2F)N1CC1(F)CC1. The van der Waals surface area contributed by atoms with E-state index in [1.165, 1.54) is 17.0 Å². The van der Waals surface area contributed by atoms with Crippen LogP contribution in [0.1, 0.15) is 54.6 Å². The van der Waals surface area contributed by atoms with Crippen LogP contribution in [0.15, 0.2) is 66.7 Å². The zero-order valence-electron chi connectivity index (χ0n) is 25.3. The Labute approximate surface area is 260 Å². The van der Waals surface area contributed by atoms with E-state index in [-0.39, 0.29) is 56.5 Å². The van der Waals surface area contributed by atoms with E-state index in [2.05, 4.69) is 10.3 Å². The highest BCUT2D eigenvalue weighted by Gasteiger charge is 2.49. The molecule has 0 spiro atoms. The fourth-order valence-corrected chi connectivity index (χ4v) is 6.32. The van der Waals surface area contributed by atoms with Crippen molar-refractivity contribution in [2.24, 2.45) is 0 Å². The van der Waals surface area contributed by atoms with Gasteiger partial charge in [0.05, 0.1) is 12.7 Å². The topological polar surface area (TPSA) is 60.6 Å². The predicted octanol–water partition coefficient (Wildman–Crippen LogP) is 7.69. The third kappa shape index (κ3) is 6.81. The molecule has 1 amide bonds. The van der Waals surface area contributed by atoms with Crippen LogP contribution in [0.25, 0.3) is 10.9 Å². The van der Waals surface area contributed by atoms with Crippen molar-refractivity contribution in [2.75, 3.05) is 38.2 Å². The Morgan fingerprint density at radius 2 is 1.78 bits per heavy atom. The van der Waals surface area contributed by atoms with Gasteiger partial charge in [-0.15, -0.1) is 0 Å². The van der Waals surface area contributed by atoms with Crippen LogP contribution in [0.3, 0.4) is 0 Å². The van der Waals surface area contributed by atoms with E-state index < -0.39 is 36.1 Å². The number of rotatable bonds is 12. The summed E-state index contributed by atoms with van der Waals surface area (Å²) in [5, 5.41) is 4.00. The van der Waals surface area contributed by atoms with Crippen molar-refractivity contribution in [2.45, 2.75) is 57.0 Å². The maximum Gasteiger partial charge on any atom is 0.410 e. The van der Waals surface area contributed by atoms with Crippen LogP contribution in [0.2, 0.25) is 0 Å². The summed E-state index contributed by atoms with van der Waals surface area (Å²) in [6, 6.07) is 18.5. The summed E-state index contributed by atoms with van der Waals surface area (Å²) in [5.41, 5.74) is 2.12. The average molecular weight is 623 g/mol. The number of ether oxygens (including phenoxy) is 1. The molecule has 10 heteroatoms. The Balaban J connectivity index is 1.20. The highest BCUT2D eigenvalue weighted by Crippen LogP contribution is 2.47. The molecule has 0 saturated heterocycles. The number of carbonyl (C=O) groups excluding carboxylic acids is 1. The van der Waals surface area contributed by atoms with Crippen molar-refractivity contribution in [3.05, 3.63) is 101 Å². The van der Waals surface area contributed by atoms with Crippen LogP contribution in [-0.4, -0.2) is 65.4 Å². The second kappa shape index (κ2) is 13.1. The first-order valence-electron chi connectivity index (χ1n) is 15.5. The van der Waals surface area contributed by atoms with Gasteiger partial charge in [-0.1, -0.05) is 48.5 Å². The number of para-hydroxylation sites is 1. The number of aromatic amines is 1. The van der Waals surface area contributed by atoms with E-state index >= 15 is 13.2 Å². The number of H-pyrrole nitrogens is 1. The van der Waals surface area contributed by atoms with Crippen LogP contribution in [-0.2, 0) is 17.8 Å². The molecule has 4 aromatic rings. The molecule has 6 rings (SSSR count). The number of anilines is 1. The molecule has 238 valence electrons. The summed E-state index contributed by atoms with van der Waals surface area (Å²) < 4.78 is 65.5. The van der Waals surface area contributed by atoms with Crippen LogP contribution in [0.4, 0.5) is 28.0 Å². The van der Waals surface area contributed by atoms with E-state index in [1.54, 1.807) is 0 Å². The molecule has 1 aromatic heterocycles. The molecule has 0 unspecified atom stereocenters. The molecule has 3 aromatic carbocycles. The molecule has 2 aliphatic rings. The smallest absolute Gasteiger partial charge is 0.410 e. The van der Waals surface area contributed by atoms with Crippen molar-refractivity contribution in [1.29, 1.82) is 0 Å². The van der Waals surface area contributed by atoms with Crippen LogP contribution in [0, 0.1) is 11.6 Å². The maximum atomic E-state index is 16.0. The molecule has 2 atom stereocenters. The number of aromatic nitrogens is 1. The summed E-state index contributed by atoms with van der Waals surface area (Å²) in [7, 11) is 0. The highest BCUT2D eigenvalue weighted by atomic mass is 19.1. The number of hydrogen-bond acceptors (Lipinski definition) is 4. The minimum atomic E-state index is -1.35. The normalized spacial score (nSPS) is 18.9. The lowest BCUT2D eigenvalue weighted by Crippen LogP contribution is -2.46. The predicted molar refractivity (Wildman–Crippen MR) is 167 cm³/mol. The molecule has 6 nitrogen and oxygen atoms in total. The molecule has 0 radical (unpaired) electrons. The van der Waals surface area contributed by atoms with Gasteiger partial charge in [-0.25, -0.2) is 18.0 Å². The van der Waals surface area contributed by atoms with E-state index in [9.17, 15) is 9.18 Å². The quantitative estimate of drug-likeness (QED) is 0.159. The van der Waals surface area contributed by atoms with Crippen LogP contribution >= 0.6 is 0 Å². The number of nitrogens with zero attached hydrogens (tertiary/aromatic N) is 2. The van der Waals surface area contributed by atoms with Crippen molar-refractivity contribution in [3.8, 4) is 0 Å². The van der Waals surface area contributed by atoms with Gasteiger partial charge in [0.1, 0.15) is 23.9 Å². The third-order valence-electron chi connectivity index (χ3n) is 8.86. The van der Waals surface area contributed by atoms with Gasteiger partial charge >= 0.3 is 6.09 Å². The Morgan fingerprint density at radius 3 is 2.49 bits per heavy atom. The van der Waals surface area contributed by atoms with Gasteiger partial charge < -0.3 is 19.9 Å². The van der Waals surface area contributed by atoms with Crippen molar-refractivity contribution in [1.82, 2.24) is 14.8 Å². The molecule has 45 heavy (non-hydrogen) atoms. The van der Waals surface area contributed by atoms with Crippen LogP contribution < -0.4 is 5.32 Å². The second-order valence-corrected chi connectivity index (χ2v) is 12.2. The summed E-state index contributed by atoms with van der Waals surface area (Å²) in [5.74, 6) is -1.49. The van der Waals surface area contributed by atoms with E-state index in [0.29, 0.717) is 25.0 Å². The minimum absolute atomic E-state index is 0.0789. The number of nitrogens with one attached hydrogen (secondary N) is 2. The van der Waals surface area contributed by atoms with Crippen molar-refractivity contribution < 1.29 is 27.1 Å². The average Bonchev–Trinajstić information content (AvgIpc) is 3.65. The number of amides is 1. The fraction of sp³-hybridized carbons (Fsp3) is 0.400. The van der Waals surface area contributed by atoms with Crippen LogP contribution in [0.5, 0.6) is 0 Å². The first kappa shape index (κ1) is 31.0. The monoisotopic (exact) mass is 622 g/mol. The summed E-state index contributed by atoms with van der Waals surface area (Å²) in [4.78, 5) is 19.4. The Bertz CT molecular complexity index is 1620. The lowest BCUT2D eigenvalue weighted by molar-refractivity contribution is 0.0935. The lowest BCUT2D eigenvalue weighted by Gasteiger charge is -2.42. The van der Waals surface area contributed by atoms with Gasteiger partial charge in [0.2, 0.25) is 0 Å². The Hall–Kier alpha value is -4.05. The highest BCUT2D eigenvalue weighted by molar-refractivity contribution is 5.85. The maximum absolute atomic E-state index is 16.0. The summed E-state index contributed by atoms with van der Waals surface area (Å²) in [6.07, 6.45) is 1.08. The summed E-state index contributed by atoms with van der Waals surface area (Å²) in [6.45, 7) is 2.02. The first-order chi connectivity index (χ1) is 21.8. The molecule has 2 heterocycles. The molecule has 1 fully saturated rings. The first-order valence-corrected chi connectivity index (χ1v) is 15.5. The third-order valence-corrected chi connectivity index (χ3v) is 8.86. The number of fused-ring (bicyclic) bond motifs is 3. The van der Waals surface area contributed by atoms with Crippen molar-refractivity contribution in [3.63, 3.8) is 0 Å². The number of benzene rings is 3. The number of carbonyl (C=O) groups is 1. The standard InChI is InChI=1S/C35H38F4N4O2/c1-23-18-27-26-10-5-6-11-30(26)41-32(27)33(43(23)22-35(39)12-13-35)31-28(37)19-25(20-29(31)38)40-15-17-42(16-7-14-36)34(44)45-21-24-8-3-2-4-9-24/h2-6,8-11,19-20,23,33,40-41H,7,12-18,21-22H2,1H3/t23-,33-/m1/s1. The molecular weight excluding hydrogens is 584 g/mol. The molecule has 1 aliphatic carbocycles. The fourth-order valence-electron chi connectivity index (χ4n) is 6.32. The number of halogens is 4. The van der Waals surface area contributed by atoms with E-state index in [1.807, 2.05) is 66.4 Å². The molecular formula is C35H38F4N4O2. The molecule has 0 bridgehead atoms.